The predicted octanol–water partition coefficient (Wildman–Crippen LogP) is 2.26. The van der Waals surface area contributed by atoms with Gasteiger partial charge in [0.15, 0.2) is 5.13 Å². The van der Waals surface area contributed by atoms with Crippen LogP contribution >= 0.6 is 11.3 Å². The molecule has 1 aromatic carbocycles. The monoisotopic (exact) mass is 331 g/mol. The lowest BCUT2D eigenvalue weighted by Gasteiger charge is -2.14. The normalized spacial score (nSPS) is 10.5. The third-order valence-electron chi connectivity index (χ3n) is 2.95. The Morgan fingerprint density at radius 2 is 2.26 bits per heavy atom. The third-order valence-corrected chi connectivity index (χ3v) is 3.64. The molecule has 0 aliphatic carbocycles. The molecular formula is C16H17N3O3S. The number of carbonyl (C=O) groups excluding carboxylic acids is 2. The van der Waals surface area contributed by atoms with Gasteiger partial charge >= 0.3 is 0 Å². The molecule has 7 heteroatoms. The zero-order valence-corrected chi connectivity index (χ0v) is 13.7. The SMILES string of the molecule is COc1cccc(/C=C/C(=O)N(C)CC(=O)Nc2nccs2)c1. The smallest absolute Gasteiger partial charge is 0.246 e. The number of ether oxygens (including phenoxy) is 1. The lowest BCUT2D eigenvalue weighted by Crippen LogP contribution is -2.33. The first-order valence-electron chi connectivity index (χ1n) is 6.85. The number of anilines is 1. The van der Waals surface area contributed by atoms with Crippen LogP contribution in [0.5, 0.6) is 5.75 Å². The summed E-state index contributed by atoms with van der Waals surface area (Å²) >= 11 is 1.33. The summed E-state index contributed by atoms with van der Waals surface area (Å²) in [6.45, 7) is -0.0408. The van der Waals surface area contributed by atoms with E-state index >= 15 is 0 Å². The van der Waals surface area contributed by atoms with E-state index in [2.05, 4.69) is 10.3 Å². The molecule has 2 aromatic rings. The number of likely N-dealkylation sites (N-methyl/N-ethyl adjacent to an activating group) is 1. The van der Waals surface area contributed by atoms with Gasteiger partial charge in [0.05, 0.1) is 13.7 Å². The van der Waals surface area contributed by atoms with Gasteiger partial charge in [-0.05, 0) is 23.8 Å². The summed E-state index contributed by atoms with van der Waals surface area (Å²) in [5, 5.41) is 4.91. The molecule has 1 heterocycles. The second-order valence-electron chi connectivity index (χ2n) is 4.69. The topological polar surface area (TPSA) is 71.5 Å². The molecule has 0 saturated carbocycles. The van der Waals surface area contributed by atoms with Crippen molar-refractivity contribution in [3.63, 3.8) is 0 Å². The first-order chi connectivity index (χ1) is 11.1. The molecule has 0 saturated heterocycles. The molecule has 0 aliphatic heterocycles. The van der Waals surface area contributed by atoms with Crippen LogP contribution in [0, 0.1) is 0 Å². The molecule has 23 heavy (non-hydrogen) atoms. The Labute approximate surface area is 138 Å². The number of nitrogens with zero attached hydrogens (tertiary/aromatic N) is 2. The number of aromatic nitrogens is 1. The van der Waals surface area contributed by atoms with Gasteiger partial charge in [-0.25, -0.2) is 4.98 Å². The van der Waals surface area contributed by atoms with Crippen LogP contribution < -0.4 is 10.1 Å². The van der Waals surface area contributed by atoms with Gasteiger partial charge in [-0.3, -0.25) is 9.59 Å². The van der Waals surface area contributed by atoms with Gasteiger partial charge in [-0.2, -0.15) is 0 Å². The van der Waals surface area contributed by atoms with Gasteiger partial charge < -0.3 is 15.0 Å². The highest BCUT2D eigenvalue weighted by atomic mass is 32.1. The minimum Gasteiger partial charge on any atom is -0.497 e. The zero-order chi connectivity index (χ0) is 16.7. The van der Waals surface area contributed by atoms with Crippen LogP contribution in [0.4, 0.5) is 5.13 Å². The Kier molecular flexibility index (Phi) is 5.87. The number of benzene rings is 1. The Bertz CT molecular complexity index is 698. The average Bonchev–Trinajstić information content (AvgIpc) is 3.05. The van der Waals surface area contributed by atoms with Crippen molar-refractivity contribution in [1.82, 2.24) is 9.88 Å². The van der Waals surface area contributed by atoms with Gasteiger partial charge in [0.25, 0.3) is 0 Å². The van der Waals surface area contributed by atoms with E-state index in [1.54, 1.807) is 31.8 Å². The standard InChI is InChI=1S/C16H17N3O3S/c1-19(11-14(20)18-16-17-8-9-23-16)15(21)7-6-12-4-3-5-13(10-12)22-2/h3-10H,11H2,1-2H3,(H,17,18,20)/b7-6+. The van der Waals surface area contributed by atoms with Gasteiger partial charge in [0, 0.05) is 24.7 Å². The molecule has 0 bridgehead atoms. The molecule has 0 spiro atoms. The Morgan fingerprint density at radius 3 is 2.96 bits per heavy atom. The van der Waals surface area contributed by atoms with E-state index in [9.17, 15) is 9.59 Å². The molecule has 120 valence electrons. The fourth-order valence-corrected chi connectivity index (χ4v) is 2.32. The van der Waals surface area contributed by atoms with Gasteiger partial charge in [-0.15, -0.1) is 11.3 Å². The van der Waals surface area contributed by atoms with Crippen LogP contribution in [-0.4, -0.2) is 42.4 Å². The minimum atomic E-state index is -0.286. The second-order valence-corrected chi connectivity index (χ2v) is 5.58. The quantitative estimate of drug-likeness (QED) is 0.824. The Balaban J connectivity index is 1.88. The molecule has 6 nitrogen and oxygen atoms in total. The number of amides is 2. The van der Waals surface area contributed by atoms with E-state index in [0.717, 1.165) is 11.3 Å². The summed E-state index contributed by atoms with van der Waals surface area (Å²) < 4.78 is 5.12. The number of thiazole rings is 1. The summed E-state index contributed by atoms with van der Waals surface area (Å²) in [5.41, 5.74) is 0.846. The van der Waals surface area contributed by atoms with Crippen LogP contribution in [-0.2, 0) is 9.59 Å². The second kappa shape index (κ2) is 8.09. The van der Waals surface area contributed by atoms with Crippen LogP contribution in [0.1, 0.15) is 5.56 Å². The summed E-state index contributed by atoms with van der Waals surface area (Å²) in [6.07, 6.45) is 4.71. The number of nitrogens with one attached hydrogen (secondary N) is 1. The van der Waals surface area contributed by atoms with Crippen molar-refractivity contribution in [2.24, 2.45) is 0 Å². The molecular weight excluding hydrogens is 314 g/mol. The molecule has 1 aromatic heterocycles. The lowest BCUT2D eigenvalue weighted by molar-refractivity contribution is -0.129. The van der Waals surface area contributed by atoms with Crippen molar-refractivity contribution in [2.75, 3.05) is 26.0 Å². The highest BCUT2D eigenvalue weighted by molar-refractivity contribution is 7.13. The maximum Gasteiger partial charge on any atom is 0.246 e. The summed E-state index contributed by atoms with van der Waals surface area (Å²) in [4.78, 5) is 29.1. The highest BCUT2D eigenvalue weighted by Crippen LogP contribution is 2.14. The fourth-order valence-electron chi connectivity index (χ4n) is 1.78. The van der Waals surface area contributed by atoms with E-state index in [-0.39, 0.29) is 18.4 Å². The number of rotatable bonds is 6. The number of hydrogen-bond acceptors (Lipinski definition) is 5. The summed E-state index contributed by atoms with van der Waals surface area (Å²) in [6, 6.07) is 7.35. The van der Waals surface area contributed by atoms with Crippen molar-refractivity contribution < 1.29 is 14.3 Å². The first-order valence-corrected chi connectivity index (χ1v) is 7.73. The summed E-state index contributed by atoms with van der Waals surface area (Å²) in [7, 11) is 3.16. The largest absolute Gasteiger partial charge is 0.497 e. The zero-order valence-electron chi connectivity index (χ0n) is 12.9. The van der Waals surface area contributed by atoms with Crippen LogP contribution in [0.3, 0.4) is 0 Å². The summed E-state index contributed by atoms with van der Waals surface area (Å²) in [5.74, 6) is 0.170. The fraction of sp³-hybridized carbons (Fsp3) is 0.188. The van der Waals surface area contributed by atoms with Gasteiger partial charge in [0.1, 0.15) is 5.75 Å². The van der Waals surface area contributed by atoms with E-state index in [1.807, 2.05) is 24.3 Å². The van der Waals surface area contributed by atoms with Gasteiger partial charge in [0.2, 0.25) is 11.8 Å². The van der Waals surface area contributed by atoms with Crippen molar-refractivity contribution in [2.45, 2.75) is 0 Å². The third kappa shape index (κ3) is 5.23. The molecule has 2 amide bonds. The first kappa shape index (κ1) is 16.7. The number of hydrogen-bond donors (Lipinski definition) is 1. The molecule has 1 N–H and O–H groups in total. The van der Waals surface area contributed by atoms with E-state index in [0.29, 0.717) is 5.13 Å². The average molecular weight is 331 g/mol. The molecule has 0 atom stereocenters. The Morgan fingerprint density at radius 1 is 1.43 bits per heavy atom. The Hall–Kier alpha value is -2.67. The lowest BCUT2D eigenvalue weighted by atomic mass is 10.2. The van der Waals surface area contributed by atoms with E-state index in [1.165, 1.54) is 22.3 Å². The van der Waals surface area contributed by atoms with Crippen molar-refractivity contribution >= 4 is 34.4 Å². The highest BCUT2D eigenvalue weighted by Gasteiger charge is 2.11. The van der Waals surface area contributed by atoms with Crippen LogP contribution in [0.15, 0.2) is 41.9 Å². The van der Waals surface area contributed by atoms with Crippen molar-refractivity contribution in [1.29, 1.82) is 0 Å². The van der Waals surface area contributed by atoms with Crippen molar-refractivity contribution in [3.8, 4) is 5.75 Å². The molecule has 0 unspecified atom stereocenters. The van der Waals surface area contributed by atoms with Gasteiger partial charge in [-0.1, -0.05) is 12.1 Å². The number of methoxy groups -OCH3 is 1. The predicted molar refractivity (Wildman–Crippen MR) is 90.4 cm³/mol. The van der Waals surface area contributed by atoms with Crippen LogP contribution in [0.2, 0.25) is 0 Å². The maximum absolute atomic E-state index is 12.0. The van der Waals surface area contributed by atoms with E-state index < -0.39 is 0 Å². The molecule has 0 aliphatic rings. The van der Waals surface area contributed by atoms with Crippen molar-refractivity contribution in [3.05, 3.63) is 47.5 Å². The minimum absolute atomic E-state index is 0.0408. The van der Waals surface area contributed by atoms with Crippen LogP contribution in [0.25, 0.3) is 6.08 Å². The maximum atomic E-state index is 12.0. The molecule has 0 fully saturated rings. The van der Waals surface area contributed by atoms with E-state index in [4.69, 9.17) is 4.74 Å². The molecule has 2 rings (SSSR count). The number of carbonyl (C=O) groups is 2. The molecule has 0 radical (unpaired) electrons.